The molecule has 0 aliphatic carbocycles. The summed E-state index contributed by atoms with van der Waals surface area (Å²) in [6.45, 7) is 2.50. The van der Waals surface area contributed by atoms with Gasteiger partial charge < -0.3 is 9.64 Å². The molecule has 1 fully saturated rings. The summed E-state index contributed by atoms with van der Waals surface area (Å²) >= 11 is 12.0. The molecule has 1 aromatic heterocycles. The molecule has 0 unspecified atom stereocenters. The lowest BCUT2D eigenvalue weighted by atomic mass is 10.3. The molecule has 1 aliphatic rings. The first-order valence-corrected chi connectivity index (χ1v) is 8.29. The zero-order valence-electron chi connectivity index (χ0n) is 12.5. The Morgan fingerprint density at radius 1 is 1.13 bits per heavy atom. The molecule has 0 spiro atoms. The normalized spacial score (nSPS) is 14.3. The fourth-order valence-corrected chi connectivity index (χ4v) is 2.97. The Labute approximate surface area is 144 Å². The Bertz CT molecular complexity index is 725. The maximum absolute atomic E-state index is 12.3. The van der Waals surface area contributed by atoms with Gasteiger partial charge in [0.1, 0.15) is 17.4 Å². The molecule has 3 rings (SSSR count). The van der Waals surface area contributed by atoms with Gasteiger partial charge in [-0.15, -0.1) is 0 Å². The summed E-state index contributed by atoms with van der Waals surface area (Å²) in [5.74, 6) is 0.697. The van der Waals surface area contributed by atoms with Gasteiger partial charge in [0.05, 0.1) is 18.4 Å². The van der Waals surface area contributed by atoms with Crippen LogP contribution in [0.15, 0.2) is 35.3 Å². The Kier molecular flexibility index (Phi) is 5.08. The van der Waals surface area contributed by atoms with E-state index in [1.165, 1.54) is 4.68 Å². The van der Waals surface area contributed by atoms with Crippen LogP contribution in [0.5, 0.6) is 5.75 Å². The maximum Gasteiger partial charge on any atom is 0.287 e. The van der Waals surface area contributed by atoms with E-state index < -0.39 is 0 Å². The van der Waals surface area contributed by atoms with Crippen molar-refractivity contribution >= 4 is 28.9 Å². The van der Waals surface area contributed by atoms with E-state index in [1.807, 2.05) is 0 Å². The second-order valence-electron chi connectivity index (χ2n) is 5.37. The van der Waals surface area contributed by atoms with Gasteiger partial charge in [0, 0.05) is 18.1 Å². The smallest absolute Gasteiger partial charge is 0.287 e. The molecular formula is C16H17Cl2N3O2. The molecule has 1 aliphatic heterocycles. The Hall–Kier alpha value is -1.72. The van der Waals surface area contributed by atoms with Gasteiger partial charge >= 0.3 is 0 Å². The van der Waals surface area contributed by atoms with Crippen molar-refractivity contribution in [3.63, 3.8) is 0 Å². The number of halogens is 2. The first-order valence-electron chi connectivity index (χ1n) is 7.54. The molecule has 122 valence electrons. The highest BCUT2D eigenvalue weighted by Gasteiger charge is 2.18. The molecule has 2 aromatic rings. The molecule has 0 bridgehead atoms. The molecule has 0 N–H and O–H groups in total. The molecule has 0 radical (unpaired) electrons. The van der Waals surface area contributed by atoms with Gasteiger partial charge in [0.25, 0.3) is 5.56 Å². The number of ether oxygens (including phenoxy) is 1. The summed E-state index contributed by atoms with van der Waals surface area (Å²) in [7, 11) is 0. The number of nitrogens with zero attached hydrogens (tertiary/aromatic N) is 3. The number of rotatable bonds is 5. The van der Waals surface area contributed by atoms with Crippen LogP contribution in [0.25, 0.3) is 0 Å². The third-order valence-corrected chi connectivity index (χ3v) is 4.41. The van der Waals surface area contributed by atoms with Crippen molar-refractivity contribution in [1.29, 1.82) is 0 Å². The van der Waals surface area contributed by atoms with Crippen molar-refractivity contribution in [2.24, 2.45) is 0 Å². The van der Waals surface area contributed by atoms with E-state index in [0.29, 0.717) is 23.9 Å². The Morgan fingerprint density at radius 2 is 1.83 bits per heavy atom. The molecule has 0 saturated carbocycles. The summed E-state index contributed by atoms with van der Waals surface area (Å²) < 4.78 is 6.91. The van der Waals surface area contributed by atoms with E-state index in [-0.39, 0.29) is 10.6 Å². The van der Waals surface area contributed by atoms with Gasteiger partial charge in [-0.25, -0.2) is 4.68 Å². The summed E-state index contributed by atoms with van der Waals surface area (Å²) in [6, 6.07) is 7.07. The molecule has 1 saturated heterocycles. The van der Waals surface area contributed by atoms with Crippen LogP contribution in [0.3, 0.4) is 0 Å². The predicted octanol–water partition coefficient (Wildman–Crippen LogP) is 3.23. The second kappa shape index (κ2) is 7.23. The lowest BCUT2D eigenvalue weighted by Gasteiger charge is -2.18. The molecule has 0 atom stereocenters. The fourth-order valence-electron chi connectivity index (χ4n) is 2.57. The van der Waals surface area contributed by atoms with E-state index in [1.54, 1.807) is 30.5 Å². The van der Waals surface area contributed by atoms with E-state index in [4.69, 9.17) is 27.9 Å². The minimum absolute atomic E-state index is 0.230. The van der Waals surface area contributed by atoms with Crippen LogP contribution >= 0.6 is 23.2 Å². The minimum atomic E-state index is -0.282. The summed E-state index contributed by atoms with van der Waals surface area (Å²) in [5.41, 5.74) is 0.444. The first-order chi connectivity index (χ1) is 11.1. The highest BCUT2D eigenvalue weighted by molar-refractivity contribution is 6.33. The predicted molar refractivity (Wildman–Crippen MR) is 91.9 cm³/mol. The number of anilines is 1. The SMILES string of the molecule is O=c1c(Cl)c(N2CCCC2)cnn1CCOc1ccc(Cl)cc1. The van der Waals surface area contributed by atoms with Crippen LogP contribution in [0.2, 0.25) is 10.0 Å². The average molecular weight is 354 g/mol. The van der Waals surface area contributed by atoms with Crippen molar-refractivity contribution in [1.82, 2.24) is 9.78 Å². The van der Waals surface area contributed by atoms with Crippen molar-refractivity contribution in [3.05, 3.63) is 50.9 Å². The molecular weight excluding hydrogens is 337 g/mol. The number of benzene rings is 1. The van der Waals surface area contributed by atoms with Crippen molar-refractivity contribution in [2.45, 2.75) is 19.4 Å². The molecule has 1 aromatic carbocycles. The van der Waals surface area contributed by atoms with Crippen molar-refractivity contribution in [3.8, 4) is 5.75 Å². The van der Waals surface area contributed by atoms with Crippen LogP contribution in [-0.2, 0) is 6.54 Å². The quantitative estimate of drug-likeness (QED) is 0.827. The van der Waals surface area contributed by atoms with Gasteiger partial charge in [-0.05, 0) is 37.1 Å². The van der Waals surface area contributed by atoms with Crippen LogP contribution in [0.4, 0.5) is 5.69 Å². The number of aromatic nitrogens is 2. The highest BCUT2D eigenvalue weighted by atomic mass is 35.5. The average Bonchev–Trinajstić information content (AvgIpc) is 3.08. The van der Waals surface area contributed by atoms with E-state index in [9.17, 15) is 4.79 Å². The van der Waals surface area contributed by atoms with Gasteiger partial charge in [0.2, 0.25) is 0 Å². The maximum atomic E-state index is 12.3. The fraction of sp³-hybridized carbons (Fsp3) is 0.375. The summed E-state index contributed by atoms with van der Waals surface area (Å²) in [5, 5.41) is 5.09. The van der Waals surface area contributed by atoms with Crippen LogP contribution in [0, 0.1) is 0 Å². The van der Waals surface area contributed by atoms with Gasteiger partial charge in [-0.3, -0.25) is 4.79 Å². The van der Waals surface area contributed by atoms with Gasteiger partial charge in [-0.2, -0.15) is 5.10 Å². The topological polar surface area (TPSA) is 47.4 Å². The van der Waals surface area contributed by atoms with Crippen molar-refractivity contribution < 1.29 is 4.74 Å². The van der Waals surface area contributed by atoms with E-state index in [2.05, 4.69) is 10.00 Å². The van der Waals surface area contributed by atoms with Gasteiger partial charge in [-0.1, -0.05) is 23.2 Å². The third kappa shape index (κ3) is 3.79. The Balaban J connectivity index is 1.65. The molecule has 0 amide bonds. The minimum Gasteiger partial charge on any atom is -0.492 e. The molecule has 7 heteroatoms. The monoisotopic (exact) mass is 353 g/mol. The Morgan fingerprint density at radius 3 is 2.52 bits per heavy atom. The molecule has 23 heavy (non-hydrogen) atoms. The zero-order valence-corrected chi connectivity index (χ0v) is 14.1. The standard InChI is InChI=1S/C16H17Cl2N3O2/c17-12-3-5-13(6-4-12)23-10-9-21-16(22)15(18)14(11-19-21)20-7-1-2-8-20/h3-6,11H,1-2,7-10H2. The van der Waals surface area contributed by atoms with Gasteiger partial charge in [0.15, 0.2) is 0 Å². The number of hydrogen-bond acceptors (Lipinski definition) is 4. The van der Waals surface area contributed by atoms with Crippen LogP contribution < -0.4 is 15.2 Å². The summed E-state index contributed by atoms with van der Waals surface area (Å²) in [4.78, 5) is 14.4. The number of hydrogen-bond donors (Lipinski definition) is 0. The van der Waals surface area contributed by atoms with Crippen molar-refractivity contribution in [2.75, 3.05) is 24.6 Å². The lowest BCUT2D eigenvalue weighted by Crippen LogP contribution is -2.29. The second-order valence-corrected chi connectivity index (χ2v) is 6.18. The highest BCUT2D eigenvalue weighted by Crippen LogP contribution is 2.24. The first kappa shape index (κ1) is 16.1. The van der Waals surface area contributed by atoms with Crippen LogP contribution in [0.1, 0.15) is 12.8 Å². The molecule has 2 heterocycles. The van der Waals surface area contributed by atoms with Crippen LogP contribution in [-0.4, -0.2) is 29.5 Å². The molecule has 5 nitrogen and oxygen atoms in total. The largest absolute Gasteiger partial charge is 0.492 e. The third-order valence-electron chi connectivity index (χ3n) is 3.80. The van der Waals surface area contributed by atoms with E-state index >= 15 is 0 Å². The summed E-state index contributed by atoms with van der Waals surface area (Å²) in [6.07, 6.45) is 3.90. The van der Waals surface area contributed by atoms with E-state index in [0.717, 1.165) is 31.6 Å². The zero-order chi connectivity index (χ0) is 16.2. The lowest BCUT2D eigenvalue weighted by molar-refractivity contribution is 0.288.